The third-order valence-corrected chi connectivity index (χ3v) is 6.01. The van der Waals surface area contributed by atoms with Crippen LogP contribution in [-0.4, -0.2) is 53.0 Å². The number of halogens is 1. The van der Waals surface area contributed by atoms with E-state index < -0.39 is 0 Å². The van der Waals surface area contributed by atoms with Crippen LogP contribution in [0.1, 0.15) is 30.7 Å². The number of guanidine groups is 1. The van der Waals surface area contributed by atoms with Gasteiger partial charge in [-0.05, 0) is 20.3 Å². The summed E-state index contributed by atoms with van der Waals surface area (Å²) >= 11 is 3.86. The first kappa shape index (κ1) is 20.0. The van der Waals surface area contributed by atoms with Gasteiger partial charge in [-0.1, -0.05) is 6.92 Å². The number of nitrogens with one attached hydrogen (secondary N) is 1. The Labute approximate surface area is 159 Å². The van der Waals surface area contributed by atoms with Crippen molar-refractivity contribution in [3.05, 3.63) is 16.1 Å². The molecular weight excluding hydrogens is 427 g/mol. The summed E-state index contributed by atoms with van der Waals surface area (Å²) in [5.74, 6) is 2.19. The lowest BCUT2D eigenvalue weighted by Gasteiger charge is -2.39. The van der Waals surface area contributed by atoms with Crippen molar-refractivity contribution in [3.63, 3.8) is 0 Å². The predicted molar refractivity (Wildman–Crippen MR) is 110 cm³/mol. The molecule has 7 heteroatoms. The smallest absolute Gasteiger partial charge is 0.193 e. The van der Waals surface area contributed by atoms with Crippen LogP contribution in [0.15, 0.2) is 11.2 Å². The second-order valence-electron chi connectivity index (χ2n) is 5.83. The van der Waals surface area contributed by atoms with Crippen LogP contribution in [0.3, 0.4) is 0 Å². The summed E-state index contributed by atoms with van der Waals surface area (Å²) in [6, 6.07) is 0. The Bertz CT molecular complexity index is 488. The third-order valence-electron chi connectivity index (χ3n) is 3.51. The molecule has 0 spiro atoms. The van der Waals surface area contributed by atoms with Crippen molar-refractivity contribution >= 4 is 53.0 Å². The van der Waals surface area contributed by atoms with Gasteiger partial charge in [0, 0.05) is 54.7 Å². The van der Waals surface area contributed by atoms with Gasteiger partial charge in [0.2, 0.25) is 0 Å². The molecule has 1 aliphatic heterocycles. The minimum atomic E-state index is 0. The van der Waals surface area contributed by atoms with E-state index in [1.54, 1.807) is 0 Å². The highest BCUT2D eigenvalue weighted by Crippen LogP contribution is 2.29. The van der Waals surface area contributed by atoms with Crippen LogP contribution in [0.5, 0.6) is 0 Å². The molecule has 0 amide bonds. The Kier molecular flexibility index (Phi) is 8.48. The number of hydrogen-bond donors (Lipinski definition) is 1. The van der Waals surface area contributed by atoms with E-state index in [0.717, 1.165) is 38.4 Å². The van der Waals surface area contributed by atoms with Gasteiger partial charge in [-0.3, -0.25) is 4.99 Å². The highest BCUT2D eigenvalue weighted by atomic mass is 127. The van der Waals surface area contributed by atoms with Crippen molar-refractivity contribution in [2.45, 2.75) is 38.4 Å². The molecule has 0 aromatic carbocycles. The SMILES string of the molecule is CCc1cnc(CCNC(=NC)N2CCSC(C)(C)C2)s1.I. The van der Waals surface area contributed by atoms with Crippen LogP contribution in [0.4, 0.5) is 0 Å². The zero-order chi connectivity index (χ0) is 15.3. The maximum Gasteiger partial charge on any atom is 0.193 e. The summed E-state index contributed by atoms with van der Waals surface area (Å²) in [6.07, 6.45) is 4.04. The van der Waals surface area contributed by atoms with Crippen LogP contribution in [-0.2, 0) is 12.8 Å². The summed E-state index contributed by atoms with van der Waals surface area (Å²) in [5.41, 5.74) is 0. The summed E-state index contributed by atoms with van der Waals surface area (Å²) in [6.45, 7) is 9.80. The van der Waals surface area contributed by atoms with Gasteiger partial charge >= 0.3 is 0 Å². The molecule has 22 heavy (non-hydrogen) atoms. The highest BCUT2D eigenvalue weighted by Gasteiger charge is 2.28. The zero-order valence-electron chi connectivity index (χ0n) is 13.9. The fourth-order valence-electron chi connectivity index (χ4n) is 2.44. The Morgan fingerprint density at radius 1 is 1.50 bits per heavy atom. The minimum Gasteiger partial charge on any atom is -0.356 e. The summed E-state index contributed by atoms with van der Waals surface area (Å²) in [7, 11) is 1.87. The van der Waals surface area contributed by atoms with Crippen molar-refractivity contribution < 1.29 is 0 Å². The monoisotopic (exact) mass is 454 g/mol. The molecule has 0 bridgehead atoms. The van der Waals surface area contributed by atoms with Crippen LogP contribution < -0.4 is 5.32 Å². The standard InChI is InChI=1S/C15H26N4S2.HI/c1-5-12-10-18-13(21-12)6-7-17-14(16-4)19-8-9-20-15(2,3)11-19;/h10H,5-9,11H2,1-4H3,(H,16,17);1H. The molecule has 1 aromatic heterocycles. The Morgan fingerprint density at radius 3 is 2.86 bits per heavy atom. The lowest BCUT2D eigenvalue weighted by Crippen LogP contribution is -2.51. The van der Waals surface area contributed by atoms with Crippen LogP contribution >= 0.6 is 47.1 Å². The molecule has 0 saturated carbocycles. The zero-order valence-corrected chi connectivity index (χ0v) is 17.8. The van der Waals surface area contributed by atoms with E-state index in [1.807, 2.05) is 36.3 Å². The molecule has 1 saturated heterocycles. The van der Waals surface area contributed by atoms with Gasteiger partial charge in [0.25, 0.3) is 0 Å². The first-order valence-electron chi connectivity index (χ1n) is 7.57. The molecule has 0 radical (unpaired) electrons. The average Bonchev–Trinajstić information content (AvgIpc) is 2.90. The van der Waals surface area contributed by atoms with E-state index in [1.165, 1.54) is 15.6 Å². The molecule has 2 heterocycles. The average molecular weight is 454 g/mol. The number of aryl methyl sites for hydroxylation is 1. The van der Waals surface area contributed by atoms with Crippen molar-refractivity contribution in [2.24, 2.45) is 4.99 Å². The Hall–Kier alpha value is -0.0200. The number of rotatable bonds is 4. The van der Waals surface area contributed by atoms with Gasteiger partial charge in [-0.25, -0.2) is 4.98 Å². The van der Waals surface area contributed by atoms with Gasteiger partial charge in [-0.2, -0.15) is 11.8 Å². The summed E-state index contributed by atoms with van der Waals surface area (Å²) in [5, 5.41) is 4.70. The number of thiazole rings is 1. The van der Waals surface area contributed by atoms with Gasteiger partial charge in [0.05, 0.1) is 5.01 Å². The second-order valence-corrected chi connectivity index (χ2v) is 8.83. The van der Waals surface area contributed by atoms with E-state index in [0.29, 0.717) is 4.75 Å². The van der Waals surface area contributed by atoms with E-state index in [-0.39, 0.29) is 24.0 Å². The molecular formula is C15H27IN4S2. The highest BCUT2D eigenvalue weighted by molar-refractivity contribution is 14.0. The third kappa shape index (κ3) is 5.88. The Morgan fingerprint density at radius 2 is 2.27 bits per heavy atom. The van der Waals surface area contributed by atoms with Gasteiger partial charge in [-0.15, -0.1) is 35.3 Å². The fraction of sp³-hybridized carbons (Fsp3) is 0.733. The maximum atomic E-state index is 4.47. The van der Waals surface area contributed by atoms with Gasteiger partial charge in [0.15, 0.2) is 5.96 Å². The molecule has 0 aliphatic carbocycles. The molecule has 2 rings (SSSR count). The summed E-state index contributed by atoms with van der Waals surface area (Å²) in [4.78, 5) is 12.6. The number of aromatic nitrogens is 1. The van der Waals surface area contributed by atoms with E-state index in [4.69, 9.17) is 0 Å². The quantitative estimate of drug-likeness (QED) is 0.431. The van der Waals surface area contributed by atoms with E-state index in [2.05, 4.69) is 41.0 Å². The molecule has 126 valence electrons. The molecule has 1 fully saturated rings. The number of hydrogen-bond acceptors (Lipinski definition) is 4. The molecule has 4 nitrogen and oxygen atoms in total. The topological polar surface area (TPSA) is 40.5 Å². The van der Waals surface area contributed by atoms with Crippen LogP contribution in [0.2, 0.25) is 0 Å². The molecule has 0 atom stereocenters. The number of thioether (sulfide) groups is 1. The maximum absolute atomic E-state index is 4.47. The second kappa shape index (κ2) is 9.32. The summed E-state index contributed by atoms with van der Waals surface area (Å²) < 4.78 is 0.307. The van der Waals surface area contributed by atoms with Crippen molar-refractivity contribution in [1.82, 2.24) is 15.2 Å². The van der Waals surface area contributed by atoms with Crippen molar-refractivity contribution in [3.8, 4) is 0 Å². The first-order chi connectivity index (χ1) is 10.0. The van der Waals surface area contributed by atoms with Gasteiger partial charge in [0.1, 0.15) is 0 Å². The molecule has 1 aromatic rings. The van der Waals surface area contributed by atoms with E-state index >= 15 is 0 Å². The van der Waals surface area contributed by atoms with Crippen molar-refractivity contribution in [2.75, 3.05) is 32.4 Å². The lowest BCUT2D eigenvalue weighted by molar-refractivity contribution is 0.376. The van der Waals surface area contributed by atoms with Crippen LogP contribution in [0.25, 0.3) is 0 Å². The predicted octanol–water partition coefficient (Wildman–Crippen LogP) is 3.27. The van der Waals surface area contributed by atoms with Crippen molar-refractivity contribution in [1.29, 1.82) is 0 Å². The number of nitrogens with zero attached hydrogens (tertiary/aromatic N) is 3. The molecule has 1 N–H and O–H groups in total. The normalized spacial score (nSPS) is 18.0. The fourth-order valence-corrected chi connectivity index (χ4v) is 4.41. The van der Waals surface area contributed by atoms with Gasteiger partial charge < -0.3 is 10.2 Å². The molecule has 0 unspecified atom stereocenters. The number of aliphatic imine (C=N–C) groups is 1. The van der Waals surface area contributed by atoms with E-state index in [9.17, 15) is 0 Å². The molecule has 1 aliphatic rings. The first-order valence-corrected chi connectivity index (χ1v) is 9.37. The Balaban J connectivity index is 0.00000242. The minimum absolute atomic E-state index is 0. The lowest BCUT2D eigenvalue weighted by atomic mass is 10.2. The largest absolute Gasteiger partial charge is 0.356 e. The van der Waals surface area contributed by atoms with Crippen LogP contribution in [0, 0.1) is 0 Å².